The predicted octanol–water partition coefficient (Wildman–Crippen LogP) is 1.94. The highest BCUT2D eigenvalue weighted by atomic mass is 16.4. The Morgan fingerprint density at radius 2 is 2.19 bits per heavy atom. The highest BCUT2D eigenvalue weighted by Gasteiger charge is 2.09. The zero-order chi connectivity index (χ0) is 11.5. The van der Waals surface area contributed by atoms with Gasteiger partial charge in [-0.2, -0.15) is 5.10 Å². The van der Waals surface area contributed by atoms with Crippen molar-refractivity contribution in [1.82, 2.24) is 9.78 Å². The maximum Gasteiger partial charge on any atom is 0.336 e. The summed E-state index contributed by atoms with van der Waals surface area (Å²) in [4.78, 5) is 11.0. The number of carboxylic acids is 1. The minimum absolute atomic E-state index is 0.329. The van der Waals surface area contributed by atoms with Crippen LogP contribution in [0.15, 0.2) is 36.7 Å². The van der Waals surface area contributed by atoms with Gasteiger partial charge in [-0.3, -0.25) is 4.68 Å². The number of carbonyl (C=O) groups is 1. The summed E-state index contributed by atoms with van der Waals surface area (Å²) >= 11 is 0. The topological polar surface area (TPSA) is 55.1 Å². The predicted molar refractivity (Wildman–Crippen MR) is 59.5 cm³/mol. The van der Waals surface area contributed by atoms with Gasteiger partial charge in [-0.25, -0.2) is 4.79 Å². The van der Waals surface area contributed by atoms with Crippen molar-refractivity contribution in [2.45, 2.75) is 13.5 Å². The fourth-order valence-electron chi connectivity index (χ4n) is 1.59. The molecule has 0 saturated carbocycles. The molecule has 0 unspecified atom stereocenters. The summed E-state index contributed by atoms with van der Waals surface area (Å²) in [6.45, 7) is 2.43. The van der Waals surface area contributed by atoms with E-state index in [1.165, 1.54) is 0 Å². The first-order valence-electron chi connectivity index (χ1n) is 4.97. The van der Waals surface area contributed by atoms with Crippen LogP contribution in [0.25, 0.3) is 0 Å². The van der Waals surface area contributed by atoms with Crippen molar-refractivity contribution in [1.29, 1.82) is 0 Å². The molecule has 0 amide bonds. The van der Waals surface area contributed by atoms with Crippen molar-refractivity contribution in [2.24, 2.45) is 0 Å². The van der Waals surface area contributed by atoms with Crippen LogP contribution in [0.2, 0.25) is 0 Å². The Bertz CT molecular complexity index is 517. The minimum Gasteiger partial charge on any atom is -0.478 e. The van der Waals surface area contributed by atoms with Crippen LogP contribution < -0.4 is 0 Å². The van der Waals surface area contributed by atoms with Gasteiger partial charge in [0.2, 0.25) is 0 Å². The van der Waals surface area contributed by atoms with Gasteiger partial charge in [-0.15, -0.1) is 0 Å². The van der Waals surface area contributed by atoms with Crippen LogP contribution in [0.3, 0.4) is 0 Å². The Morgan fingerprint density at radius 3 is 2.81 bits per heavy atom. The highest BCUT2D eigenvalue weighted by Crippen LogP contribution is 2.10. The molecule has 16 heavy (non-hydrogen) atoms. The van der Waals surface area contributed by atoms with Gasteiger partial charge in [0.1, 0.15) is 0 Å². The molecule has 4 nitrogen and oxygen atoms in total. The lowest BCUT2D eigenvalue weighted by Crippen LogP contribution is -2.07. The van der Waals surface area contributed by atoms with E-state index >= 15 is 0 Å². The molecule has 2 aromatic rings. The van der Waals surface area contributed by atoms with Crippen molar-refractivity contribution < 1.29 is 9.90 Å². The van der Waals surface area contributed by atoms with Gasteiger partial charge in [0, 0.05) is 6.20 Å². The third kappa shape index (κ3) is 2.11. The molecule has 0 radical (unpaired) electrons. The second-order valence-electron chi connectivity index (χ2n) is 3.68. The number of hydrogen-bond donors (Lipinski definition) is 1. The summed E-state index contributed by atoms with van der Waals surface area (Å²) in [5, 5.41) is 13.2. The Morgan fingerprint density at radius 1 is 1.44 bits per heavy atom. The molecular weight excluding hydrogens is 204 g/mol. The number of aryl methyl sites for hydroxylation is 1. The number of aromatic carboxylic acids is 1. The van der Waals surface area contributed by atoms with Crippen molar-refractivity contribution in [2.75, 3.05) is 0 Å². The maximum absolute atomic E-state index is 11.0. The van der Waals surface area contributed by atoms with Crippen LogP contribution in [0.1, 0.15) is 21.5 Å². The van der Waals surface area contributed by atoms with E-state index in [0.29, 0.717) is 12.1 Å². The first kappa shape index (κ1) is 10.4. The molecule has 1 aromatic heterocycles. The molecule has 1 N–H and O–H groups in total. The lowest BCUT2D eigenvalue weighted by atomic mass is 10.1. The number of hydrogen-bond acceptors (Lipinski definition) is 2. The molecule has 0 fully saturated rings. The molecule has 82 valence electrons. The molecule has 4 heteroatoms. The molecule has 0 bridgehead atoms. The van der Waals surface area contributed by atoms with Gasteiger partial charge < -0.3 is 5.11 Å². The van der Waals surface area contributed by atoms with E-state index in [1.54, 1.807) is 29.1 Å². The van der Waals surface area contributed by atoms with Crippen molar-refractivity contribution in [3.63, 3.8) is 0 Å². The van der Waals surface area contributed by atoms with Crippen molar-refractivity contribution in [3.8, 4) is 0 Å². The van der Waals surface area contributed by atoms with E-state index in [1.807, 2.05) is 19.2 Å². The summed E-state index contributed by atoms with van der Waals surface area (Å²) in [6.07, 6.45) is 3.64. The van der Waals surface area contributed by atoms with Gasteiger partial charge >= 0.3 is 5.97 Å². The molecule has 1 heterocycles. The molecule has 2 rings (SSSR count). The largest absolute Gasteiger partial charge is 0.478 e. The summed E-state index contributed by atoms with van der Waals surface area (Å²) in [7, 11) is 0. The van der Waals surface area contributed by atoms with Crippen LogP contribution in [0.4, 0.5) is 0 Å². The summed E-state index contributed by atoms with van der Waals surface area (Å²) in [5.41, 5.74) is 2.15. The van der Waals surface area contributed by atoms with E-state index < -0.39 is 5.97 Å². The zero-order valence-electron chi connectivity index (χ0n) is 8.92. The number of rotatable bonds is 3. The zero-order valence-corrected chi connectivity index (χ0v) is 8.92. The van der Waals surface area contributed by atoms with E-state index in [2.05, 4.69) is 5.10 Å². The van der Waals surface area contributed by atoms with Crippen LogP contribution >= 0.6 is 0 Å². The molecule has 0 aliphatic heterocycles. The normalized spacial score (nSPS) is 10.3. The fourth-order valence-corrected chi connectivity index (χ4v) is 1.59. The van der Waals surface area contributed by atoms with Crippen molar-refractivity contribution in [3.05, 3.63) is 53.3 Å². The Balaban J connectivity index is 2.31. The summed E-state index contributed by atoms with van der Waals surface area (Å²) in [5.74, 6) is -0.903. The van der Waals surface area contributed by atoms with Crippen LogP contribution in [0.5, 0.6) is 0 Å². The first-order chi connectivity index (χ1) is 7.66. The summed E-state index contributed by atoms with van der Waals surface area (Å²) < 4.78 is 1.73. The highest BCUT2D eigenvalue weighted by molar-refractivity contribution is 5.89. The quantitative estimate of drug-likeness (QED) is 0.853. The van der Waals surface area contributed by atoms with E-state index in [-0.39, 0.29) is 0 Å². The van der Waals surface area contributed by atoms with Crippen LogP contribution in [0, 0.1) is 6.92 Å². The average molecular weight is 216 g/mol. The Labute approximate surface area is 93.1 Å². The number of benzene rings is 1. The van der Waals surface area contributed by atoms with Crippen LogP contribution in [-0.4, -0.2) is 20.9 Å². The van der Waals surface area contributed by atoms with Gasteiger partial charge in [-0.05, 0) is 24.1 Å². The number of aromatic nitrogens is 2. The van der Waals surface area contributed by atoms with Gasteiger partial charge in [0.05, 0.1) is 18.3 Å². The van der Waals surface area contributed by atoms with E-state index in [4.69, 9.17) is 5.11 Å². The molecular formula is C12H12N2O2. The molecule has 0 aliphatic rings. The van der Waals surface area contributed by atoms with Gasteiger partial charge in [-0.1, -0.05) is 18.2 Å². The maximum atomic E-state index is 11.0. The molecule has 0 aliphatic carbocycles. The lowest BCUT2D eigenvalue weighted by molar-refractivity contribution is 0.0695. The lowest BCUT2D eigenvalue weighted by Gasteiger charge is -2.05. The van der Waals surface area contributed by atoms with E-state index in [9.17, 15) is 4.79 Å². The monoisotopic (exact) mass is 216 g/mol. The SMILES string of the molecule is Cc1cnn(Cc2ccccc2C(=O)O)c1. The molecule has 1 aromatic carbocycles. The number of carboxylic acid groups (broad SMARTS) is 1. The average Bonchev–Trinajstić information content (AvgIpc) is 2.64. The third-order valence-electron chi connectivity index (χ3n) is 2.34. The fraction of sp³-hybridized carbons (Fsp3) is 0.167. The van der Waals surface area contributed by atoms with Gasteiger partial charge in [0.15, 0.2) is 0 Å². The first-order valence-corrected chi connectivity index (χ1v) is 4.97. The third-order valence-corrected chi connectivity index (χ3v) is 2.34. The standard InChI is InChI=1S/C12H12N2O2/c1-9-6-13-14(7-9)8-10-4-2-3-5-11(10)12(15)16/h2-7H,8H2,1H3,(H,15,16). The molecule has 0 atom stereocenters. The van der Waals surface area contributed by atoms with Crippen LogP contribution in [-0.2, 0) is 6.54 Å². The minimum atomic E-state index is -0.903. The Kier molecular flexibility index (Phi) is 2.72. The van der Waals surface area contributed by atoms with Crippen molar-refractivity contribution >= 4 is 5.97 Å². The molecule has 0 saturated heterocycles. The Hall–Kier alpha value is -2.10. The summed E-state index contributed by atoms with van der Waals surface area (Å²) in [6, 6.07) is 6.97. The second kappa shape index (κ2) is 4.18. The number of nitrogens with zero attached hydrogens (tertiary/aromatic N) is 2. The van der Waals surface area contributed by atoms with Gasteiger partial charge in [0.25, 0.3) is 0 Å². The second-order valence-corrected chi connectivity index (χ2v) is 3.68. The smallest absolute Gasteiger partial charge is 0.336 e. The van der Waals surface area contributed by atoms with E-state index in [0.717, 1.165) is 11.1 Å². The molecule has 0 spiro atoms.